The van der Waals surface area contributed by atoms with Crippen molar-refractivity contribution >= 4 is 17.5 Å². The van der Waals surface area contributed by atoms with E-state index in [4.69, 9.17) is 18.9 Å². The number of fused-ring (bicyclic) bond motifs is 1. The van der Waals surface area contributed by atoms with Gasteiger partial charge < -0.3 is 29.2 Å². The summed E-state index contributed by atoms with van der Waals surface area (Å²) in [6.07, 6.45) is -1.33. The highest BCUT2D eigenvalue weighted by molar-refractivity contribution is 6.03. The van der Waals surface area contributed by atoms with Crippen LogP contribution in [0.15, 0.2) is 128 Å². The fourth-order valence-corrected chi connectivity index (χ4v) is 6.40. The standard InChI is InChI=1S/C39H36N4O7/c1-47-30-17-13-28(14-18-30)39(27-11-7-4-8-12-27,29-15-19-31(48-2)20-16-29)49-23-32-34(44)35(45)36(50-32)26-21-33-40-24-41-38(43(33)22-26)42-37(46)25-9-5-3-6-10-25/h3-22,24,32,34-36,44-45H,23H2,1-2H3,(H,40,41,42,46)/t32-,34-,35-,36+/m1/s1. The fraction of sp³-hybridized carbons (Fsp3) is 0.205. The Bertz CT molecular complexity index is 2010. The maximum atomic E-state index is 12.9. The van der Waals surface area contributed by atoms with Crippen LogP contribution in [0.4, 0.5) is 5.95 Å². The third kappa shape index (κ3) is 6.19. The van der Waals surface area contributed by atoms with Crippen molar-refractivity contribution in [3.63, 3.8) is 0 Å². The molecule has 0 saturated carbocycles. The molecule has 1 amide bonds. The van der Waals surface area contributed by atoms with Gasteiger partial charge in [-0.1, -0.05) is 72.8 Å². The van der Waals surface area contributed by atoms with E-state index in [-0.39, 0.29) is 18.5 Å². The summed E-state index contributed by atoms with van der Waals surface area (Å²) in [7, 11) is 3.23. The van der Waals surface area contributed by atoms with Crippen LogP contribution in [-0.4, -0.2) is 69.6 Å². The lowest BCUT2D eigenvalue weighted by atomic mass is 9.80. The lowest BCUT2D eigenvalue weighted by molar-refractivity contribution is -0.0828. The molecule has 1 saturated heterocycles. The summed E-state index contributed by atoms with van der Waals surface area (Å²) in [6.45, 7) is -0.0762. The third-order valence-electron chi connectivity index (χ3n) is 9.01. The van der Waals surface area contributed by atoms with Crippen molar-refractivity contribution in [3.05, 3.63) is 156 Å². The highest BCUT2D eigenvalue weighted by atomic mass is 16.6. The third-order valence-corrected chi connectivity index (χ3v) is 9.01. The van der Waals surface area contributed by atoms with Crippen molar-refractivity contribution in [2.24, 2.45) is 0 Å². The first kappa shape index (κ1) is 32.9. The predicted molar refractivity (Wildman–Crippen MR) is 185 cm³/mol. The fourth-order valence-electron chi connectivity index (χ4n) is 6.40. The number of nitrogens with one attached hydrogen (secondary N) is 1. The number of amides is 1. The Morgan fingerprint density at radius 2 is 1.38 bits per heavy atom. The molecule has 11 heteroatoms. The Morgan fingerprint density at radius 1 is 0.800 bits per heavy atom. The smallest absolute Gasteiger partial charge is 0.257 e. The number of nitrogens with zero attached hydrogens (tertiary/aromatic N) is 3. The molecule has 0 aliphatic carbocycles. The van der Waals surface area contributed by atoms with Crippen molar-refractivity contribution in [3.8, 4) is 11.5 Å². The first-order valence-corrected chi connectivity index (χ1v) is 16.1. The van der Waals surface area contributed by atoms with Gasteiger partial charge in [0.05, 0.1) is 20.8 Å². The summed E-state index contributed by atoms with van der Waals surface area (Å²) in [6, 6.07) is 35.6. The van der Waals surface area contributed by atoms with Crippen LogP contribution >= 0.6 is 0 Å². The molecule has 4 aromatic carbocycles. The Balaban J connectivity index is 1.19. The van der Waals surface area contributed by atoms with E-state index in [1.54, 1.807) is 55.1 Å². The van der Waals surface area contributed by atoms with E-state index in [1.807, 2.05) is 84.9 Å². The molecular weight excluding hydrogens is 636 g/mol. The molecule has 3 N–H and O–H groups in total. The van der Waals surface area contributed by atoms with Crippen LogP contribution in [-0.2, 0) is 15.1 Å². The number of ether oxygens (including phenoxy) is 4. The van der Waals surface area contributed by atoms with Crippen LogP contribution in [0.2, 0.25) is 0 Å². The predicted octanol–water partition coefficient (Wildman–Crippen LogP) is 5.17. The van der Waals surface area contributed by atoms with E-state index in [1.165, 1.54) is 6.33 Å². The number of aliphatic hydroxyl groups excluding tert-OH is 2. The van der Waals surface area contributed by atoms with E-state index in [9.17, 15) is 15.0 Å². The summed E-state index contributed by atoms with van der Waals surface area (Å²) >= 11 is 0. The molecule has 0 radical (unpaired) electrons. The SMILES string of the molecule is COc1ccc(C(OC[C@H]2O[C@@H](c3cc4ncnc(NC(=O)c5ccccc5)n4c3)[C@H](O)[C@@H]2O)(c2ccccc2)c2ccc(OC)cc2)cc1. The van der Waals surface area contributed by atoms with Crippen LogP contribution < -0.4 is 14.8 Å². The number of rotatable bonds is 11. The number of carbonyl (C=O) groups excluding carboxylic acids is 1. The van der Waals surface area contributed by atoms with Crippen molar-refractivity contribution in [2.75, 3.05) is 26.1 Å². The quantitative estimate of drug-likeness (QED) is 0.159. The van der Waals surface area contributed by atoms with Gasteiger partial charge in [0, 0.05) is 17.3 Å². The average Bonchev–Trinajstić information content (AvgIpc) is 3.73. The van der Waals surface area contributed by atoms with Gasteiger partial charge in [-0.25, -0.2) is 9.97 Å². The zero-order chi connectivity index (χ0) is 34.7. The first-order valence-electron chi connectivity index (χ1n) is 16.1. The van der Waals surface area contributed by atoms with Crippen LogP contribution in [0.25, 0.3) is 5.65 Å². The van der Waals surface area contributed by atoms with Crippen LogP contribution in [0.5, 0.6) is 11.5 Å². The zero-order valence-corrected chi connectivity index (χ0v) is 27.4. The molecule has 50 heavy (non-hydrogen) atoms. The summed E-state index contributed by atoms with van der Waals surface area (Å²) in [5, 5.41) is 25.4. The number of benzene rings is 4. The number of anilines is 1. The van der Waals surface area contributed by atoms with Gasteiger partial charge in [-0.3, -0.25) is 14.5 Å². The van der Waals surface area contributed by atoms with Gasteiger partial charge in [0.25, 0.3) is 5.91 Å². The summed E-state index contributed by atoms with van der Waals surface area (Å²) in [5.74, 6) is 1.30. The van der Waals surface area contributed by atoms with Gasteiger partial charge in [0.2, 0.25) is 5.95 Å². The van der Waals surface area contributed by atoms with Crippen LogP contribution in [0.1, 0.15) is 38.7 Å². The molecule has 7 rings (SSSR count). The number of methoxy groups -OCH3 is 2. The highest BCUT2D eigenvalue weighted by Crippen LogP contribution is 2.43. The molecular formula is C39H36N4O7. The van der Waals surface area contributed by atoms with E-state index in [2.05, 4.69) is 15.3 Å². The molecule has 0 unspecified atom stereocenters. The number of hydrogen-bond donors (Lipinski definition) is 3. The highest BCUT2D eigenvalue weighted by Gasteiger charge is 2.46. The van der Waals surface area contributed by atoms with Crippen molar-refractivity contribution < 1.29 is 34.0 Å². The number of hydrogen-bond acceptors (Lipinski definition) is 9. The molecule has 2 aromatic heterocycles. The molecule has 4 atom stereocenters. The Kier molecular flexibility index (Phi) is 9.29. The van der Waals surface area contributed by atoms with Gasteiger partial charge in [-0.05, 0) is 59.2 Å². The van der Waals surface area contributed by atoms with Crippen molar-refractivity contribution in [2.45, 2.75) is 30.0 Å². The maximum absolute atomic E-state index is 12.9. The minimum Gasteiger partial charge on any atom is -0.497 e. The molecule has 1 fully saturated rings. The van der Waals surface area contributed by atoms with E-state index in [0.717, 1.165) is 16.7 Å². The largest absolute Gasteiger partial charge is 0.497 e. The topological polar surface area (TPSA) is 137 Å². The number of aliphatic hydroxyl groups is 2. The maximum Gasteiger partial charge on any atom is 0.257 e. The molecule has 1 aliphatic heterocycles. The van der Waals surface area contributed by atoms with Gasteiger partial charge >= 0.3 is 0 Å². The van der Waals surface area contributed by atoms with E-state index < -0.39 is 30.0 Å². The van der Waals surface area contributed by atoms with Crippen LogP contribution in [0, 0.1) is 0 Å². The lowest BCUT2D eigenvalue weighted by Crippen LogP contribution is -2.39. The van der Waals surface area contributed by atoms with Crippen molar-refractivity contribution in [1.82, 2.24) is 14.4 Å². The number of carbonyl (C=O) groups is 1. The minimum absolute atomic E-state index is 0.0762. The average molecular weight is 673 g/mol. The van der Waals surface area contributed by atoms with E-state index >= 15 is 0 Å². The monoisotopic (exact) mass is 672 g/mol. The second kappa shape index (κ2) is 14.1. The molecule has 0 spiro atoms. The normalized spacial score (nSPS) is 19.0. The summed E-state index contributed by atoms with van der Waals surface area (Å²) < 4.78 is 25.8. The molecule has 11 nitrogen and oxygen atoms in total. The molecule has 6 aromatic rings. The first-order chi connectivity index (χ1) is 24.4. The molecule has 1 aliphatic rings. The molecule has 0 bridgehead atoms. The number of aromatic nitrogens is 3. The van der Waals surface area contributed by atoms with Gasteiger partial charge in [0.1, 0.15) is 53.5 Å². The second-order valence-electron chi connectivity index (χ2n) is 11.9. The lowest BCUT2D eigenvalue weighted by Gasteiger charge is -2.37. The van der Waals surface area contributed by atoms with Gasteiger partial charge in [-0.15, -0.1) is 0 Å². The Labute approximate surface area is 288 Å². The van der Waals surface area contributed by atoms with Crippen LogP contribution in [0.3, 0.4) is 0 Å². The van der Waals surface area contributed by atoms with Gasteiger partial charge in [0.15, 0.2) is 0 Å². The van der Waals surface area contributed by atoms with Crippen molar-refractivity contribution in [1.29, 1.82) is 0 Å². The minimum atomic E-state index is -1.27. The Hall–Kier alpha value is -5.59. The Morgan fingerprint density at radius 3 is 1.98 bits per heavy atom. The summed E-state index contributed by atoms with van der Waals surface area (Å²) in [4.78, 5) is 21.5. The summed E-state index contributed by atoms with van der Waals surface area (Å²) in [5.41, 5.74) is 2.85. The van der Waals surface area contributed by atoms with E-state index in [0.29, 0.717) is 28.3 Å². The second-order valence-corrected chi connectivity index (χ2v) is 11.9. The zero-order valence-electron chi connectivity index (χ0n) is 27.4. The van der Waals surface area contributed by atoms with Gasteiger partial charge in [-0.2, -0.15) is 0 Å². The molecule has 3 heterocycles. The molecule has 254 valence electrons.